The van der Waals surface area contributed by atoms with Crippen LogP contribution >= 0.6 is 11.8 Å². The molecule has 0 aromatic carbocycles. The van der Waals surface area contributed by atoms with Crippen molar-refractivity contribution < 1.29 is 9.47 Å². The second-order valence-corrected chi connectivity index (χ2v) is 3.20. The van der Waals surface area contributed by atoms with Gasteiger partial charge in [-0.05, 0) is 0 Å². The summed E-state index contributed by atoms with van der Waals surface area (Å²) in [6.45, 7) is 0. The van der Waals surface area contributed by atoms with Gasteiger partial charge >= 0.3 is 0 Å². The highest BCUT2D eigenvalue weighted by Crippen LogP contribution is 2.15. The van der Waals surface area contributed by atoms with E-state index in [1.807, 2.05) is 0 Å². The molecule has 1 aromatic rings. The van der Waals surface area contributed by atoms with Gasteiger partial charge in [0.25, 0.3) is 0 Å². The summed E-state index contributed by atoms with van der Waals surface area (Å²) in [7, 11) is 3.17. The maximum absolute atomic E-state index is 5.34. The lowest BCUT2D eigenvalue weighted by atomic mass is 10.7. The lowest BCUT2D eigenvalue weighted by Gasteiger charge is -2.10. The number of H-pyrrole nitrogens is 1. The van der Waals surface area contributed by atoms with E-state index in [0.29, 0.717) is 16.9 Å². The third kappa shape index (κ3) is 3.21. The molecule has 0 spiro atoms. The molecule has 1 heterocycles. The largest absolute Gasteiger partial charge is 0.368 e. The molecular formula is C6H12N4O2S. The van der Waals surface area contributed by atoms with Gasteiger partial charge in [-0.25, -0.2) is 5.10 Å². The molecule has 0 bridgehead atoms. The normalized spacial score (nSPS) is 11.0. The van der Waals surface area contributed by atoms with Crippen molar-refractivity contribution in [3.63, 3.8) is 0 Å². The highest BCUT2D eigenvalue weighted by molar-refractivity contribution is 7.99. The number of methoxy groups -OCH3 is 2. The number of nitrogens with one attached hydrogen (secondary N) is 1. The van der Waals surface area contributed by atoms with Gasteiger partial charge < -0.3 is 15.2 Å². The number of rotatable bonds is 5. The molecule has 74 valence electrons. The standard InChI is InChI=1S/C6H12N4O2S/c1-11-4(12-2)3-13-6-8-5(7)9-10-6/h4H,3H2,1-2H3,(H3,7,8,9,10). The van der Waals surface area contributed by atoms with Gasteiger partial charge in [0.2, 0.25) is 11.1 Å². The number of aromatic nitrogens is 3. The molecular weight excluding hydrogens is 192 g/mol. The maximum Gasteiger partial charge on any atom is 0.216 e. The van der Waals surface area contributed by atoms with E-state index in [-0.39, 0.29) is 6.29 Å². The first kappa shape index (κ1) is 10.3. The summed E-state index contributed by atoms with van der Waals surface area (Å²) < 4.78 is 9.98. The van der Waals surface area contributed by atoms with Crippen LogP contribution < -0.4 is 5.73 Å². The van der Waals surface area contributed by atoms with Crippen molar-refractivity contribution in [3.05, 3.63) is 0 Å². The summed E-state index contributed by atoms with van der Waals surface area (Å²) in [6, 6.07) is 0. The van der Waals surface area contributed by atoms with E-state index < -0.39 is 0 Å². The molecule has 0 radical (unpaired) electrons. The van der Waals surface area contributed by atoms with Gasteiger partial charge in [0.05, 0.1) is 5.75 Å². The third-order valence-corrected chi connectivity index (χ3v) is 2.24. The molecule has 0 aliphatic carbocycles. The van der Waals surface area contributed by atoms with E-state index in [9.17, 15) is 0 Å². The predicted molar refractivity (Wildman–Crippen MR) is 49.3 cm³/mol. The van der Waals surface area contributed by atoms with Gasteiger partial charge in [0, 0.05) is 14.2 Å². The fourth-order valence-electron chi connectivity index (χ4n) is 0.698. The Morgan fingerprint density at radius 3 is 2.69 bits per heavy atom. The lowest BCUT2D eigenvalue weighted by molar-refractivity contribution is -0.0842. The number of hydrogen-bond acceptors (Lipinski definition) is 6. The van der Waals surface area contributed by atoms with E-state index in [0.717, 1.165) is 0 Å². The summed E-state index contributed by atoms with van der Waals surface area (Å²) in [6.07, 6.45) is -0.246. The zero-order valence-electron chi connectivity index (χ0n) is 7.48. The van der Waals surface area contributed by atoms with Crippen molar-refractivity contribution in [1.82, 2.24) is 15.2 Å². The molecule has 7 heteroatoms. The van der Waals surface area contributed by atoms with Crippen LogP contribution in [0.1, 0.15) is 0 Å². The first-order valence-corrected chi connectivity index (χ1v) is 4.61. The maximum atomic E-state index is 5.34. The molecule has 1 aromatic heterocycles. The highest BCUT2D eigenvalue weighted by Gasteiger charge is 2.08. The van der Waals surface area contributed by atoms with Crippen LogP contribution in [0.25, 0.3) is 0 Å². The summed E-state index contributed by atoms with van der Waals surface area (Å²) in [4.78, 5) is 3.91. The van der Waals surface area contributed by atoms with Crippen LogP contribution in [0.3, 0.4) is 0 Å². The average molecular weight is 204 g/mol. The zero-order chi connectivity index (χ0) is 9.68. The summed E-state index contributed by atoms with van der Waals surface area (Å²) in [5.74, 6) is 0.943. The molecule has 0 saturated heterocycles. The number of nitrogen functional groups attached to an aromatic ring is 1. The Labute approximate surface area is 80.2 Å². The second kappa shape index (κ2) is 5.05. The Hall–Kier alpha value is -0.790. The molecule has 6 nitrogen and oxygen atoms in total. The molecule has 1 rings (SSSR count). The number of thioether (sulfide) groups is 1. The fraction of sp³-hybridized carbons (Fsp3) is 0.667. The van der Waals surface area contributed by atoms with Crippen LogP contribution in [0.5, 0.6) is 0 Å². The molecule has 0 atom stereocenters. The summed E-state index contributed by atoms with van der Waals surface area (Å²) in [5, 5.41) is 6.98. The lowest BCUT2D eigenvalue weighted by Crippen LogP contribution is -2.15. The van der Waals surface area contributed by atoms with Crippen LogP contribution in [0, 0.1) is 0 Å². The number of ether oxygens (including phenoxy) is 2. The minimum Gasteiger partial charge on any atom is -0.368 e. The fourth-order valence-corrected chi connectivity index (χ4v) is 1.53. The smallest absolute Gasteiger partial charge is 0.216 e. The van der Waals surface area contributed by atoms with Crippen LogP contribution in [-0.4, -0.2) is 41.4 Å². The molecule has 0 aliphatic heterocycles. The first-order chi connectivity index (χ1) is 6.26. The van der Waals surface area contributed by atoms with Crippen molar-refractivity contribution >= 4 is 17.7 Å². The molecule has 3 N–H and O–H groups in total. The van der Waals surface area contributed by atoms with E-state index in [4.69, 9.17) is 15.2 Å². The number of nitrogens with zero attached hydrogens (tertiary/aromatic N) is 2. The summed E-state index contributed by atoms with van der Waals surface area (Å²) >= 11 is 1.42. The van der Waals surface area contributed by atoms with Crippen molar-refractivity contribution in [2.45, 2.75) is 11.4 Å². The highest BCUT2D eigenvalue weighted by atomic mass is 32.2. The van der Waals surface area contributed by atoms with Crippen LogP contribution in [0.15, 0.2) is 5.16 Å². The monoisotopic (exact) mass is 204 g/mol. The molecule has 0 aliphatic rings. The van der Waals surface area contributed by atoms with Crippen molar-refractivity contribution in [3.8, 4) is 0 Å². The van der Waals surface area contributed by atoms with E-state index in [1.54, 1.807) is 14.2 Å². The summed E-state index contributed by atoms with van der Waals surface area (Å²) in [5.41, 5.74) is 5.34. The number of hydrogen-bond donors (Lipinski definition) is 2. The van der Waals surface area contributed by atoms with Gasteiger partial charge in [-0.1, -0.05) is 11.8 Å². The van der Waals surface area contributed by atoms with Crippen LogP contribution in [-0.2, 0) is 9.47 Å². The van der Waals surface area contributed by atoms with E-state index in [1.165, 1.54) is 11.8 Å². The minimum atomic E-state index is -0.246. The van der Waals surface area contributed by atoms with E-state index >= 15 is 0 Å². The van der Waals surface area contributed by atoms with Gasteiger partial charge in [0.15, 0.2) is 6.29 Å². The number of aromatic amines is 1. The average Bonchev–Trinajstić information content (AvgIpc) is 2.53. The Kier molecular flexibility index (Phi) is 4.00. The molecule has 0 fully saturated rings. The molecule has 0 amide bonds. The molecule has 0 unspecified atom stereocenters. The predicted octanol–water partition coefficient (Wildman–Crippen LogP) is 0.0979. The molecule has 13 heavy (non-hydrogen) atoms. The topological polar surface area (TPSA) is 86.0 Å². The van der Waals surface area contributed by atoms with Gasteiger partial charge in [0.1, 0.15) is 0 Å². The second-order valence-electron chi connectivity index (χ2n) is 2.22. The Morgan fingerprint density at radius 2 is 2.23 bits per heavy atom. The van der Waals surface area contributed by atoms with Crippen molar-refractivity contribution in [2.24, 2.45) is 0 Å². The Bertz CT molecular complexity index is 251. The number of anilines is 1. The SMILES string of the molecule is COC(CSc1n[nH]c(N)n1)OC. The first-order valence-electron chi connectivity index (χ1n) is 3.62. The van der Waals surface area contributed by atoms with Gasteiger partial charge in [-0.3, -0.25) is 0 Å². The van der Waals surface area contributed by atoms with Gasteiger partial charge in [-0.2, -0.15) is 4.98 Å². The Balaban J connectivity index is 2.33. The third-order valence-electron chi connectivity index (χ3n) is 1.36. The van der Waals surface area contributed by atoms with Crippen LogP contribution in [0.4, 0.5) is 5.95 Å². The molecule has 0 saturated carbocycles. The Morgan fingerprint density at radius 1 is 1.54 bits per heavy atom. The number of nitrogens with two attached hydrogens (primary N) is 1. The minimum absolute atomic E-state index is 0.246. The zero-order valence-corrected chi connectivity index (χ0v) is 8.30. The van der Waals surface area contributed by atoms with Crippen molar-refractivity contribution in [2.75, 3.05) is 25.7 Å². The van der Waals surface area contributed by atoms with Gasteiger partial charge in [-0.15, -0.1) is 5.10 Å². The van der Waals surface area contributed by atoms with Crippen LogP contribution in [0.2, 0.25) is 0 Å². The van der Waals surface area contributed by atoms with Crippen molar-refractivity contribution in [1.29, 1.82) is 0 Å². The van der Waals surface area contributed by atoms with E-state index in [2.05, 4.69) is 15.2 Å². The quantitative estimate of drug-likeness (QED) is 0.522.